The van der Waals surface area contributed by atoms with E-state index in [2.05, 4.69) is 4.98 Å². The van der Waals surface area contributed by atoms with Gasteiger partial charge in [-0.1, -0.05) is 11.6 Å². The van der Waals surface area contributed by atoms with Gasteiger partial charge in [-0.25, -0.2) is 4.98 Å². The number of aromatic nitrogens is 2. The van der Waals surface area contributed by atoms with Gasteiger partial charge in [0.2, 0.25) is 5.91 Å². The maximum Gasteiger partial charge on any atom is 0.319 e. The molecule has 0 spiro atoms. The Morgan fingerprint density at radius 1 is 1.39 bits per heavy atom. The van der Waals surface area contributed by atoms with Gasteiger partial charge < -0.3 is 4.90 Å². The summed E-state index contributed by atoms with van der Waals surface area (Å²) in [7, 11) is 1.58. The van der Waals surface area contributed by atoms with E-state index in [9.17, 15) is 13.6 Å². The molecule has 0 saturated carbocycles. The number of amides is 1. The van der Waals surface area contributed by atoms with Crippen molar-refractivity contribution in [2.45, 2.75) is 24.4 Å². The Morgan fingerprint density at radius 2 is 2.09 bits per heavy atom. The van der Waals surface area contributed by atoms with Gasteiger partial charge in [-0.3, -0.25) is 9.36 Å². The summed E-state index contributed by atoms with van der Waals surface area (Å²) in [4.78, 5) is 18.4. The molecule has 2 rings (SSSR count). The monoisotopic (exact) mass is 359 g/mol. The number of hydrogen-bond acceptors (Lipinski definition) is 3. The van der Waals surface area contributed by atoms with Crippen LogP contribution in [0.4, 0.5) is 8.78 Å². The largest absolute Gasteiger partial charge is 0.338 e. The molecule has 0 bridgehead atoms. The van der Waals surface area contributed by atoms with Crippen molar-refractivity contribution < 1.29 is 13.6 Å². The van der Waals surface area contributed by atoms with Crippen molar-refractivity contribution in [1.82, 2.24) is 14.5 Å². The van der Waals surface area contributed by atoms with Crippen LogP contribution in [-0.4, -0.2) is 33.2 Å². The molecule has 124 valence electrons. The summed E-state index contributed by atoms with van der Waals surface area (Å²) in [6.45, 7) is -2.60. The van der Waals surface area contributed by atoms with E-state index in [0.717, 1.165) is 9.46 Å². The molecule has 1 aromatic heterocycles. The summed E-state index contributed by atoms with van der Waals surface area (Å²) >= 11 is 7.35. The van der Waals surface area contributed by atoms with Gasteiger partial charge in [-0.05, 0) is 24.3 Å². The van der Waals surface area contributed by atoms with E-state index >= 15 is 0 Å². The lowest BCUT2D eigenvalue weighted by Gasteiger charge is -2.17. The lowest BCUT2D eigenvalue weighted by atomic mass is 10.4. The molecule has 0 N–H and O–H groups in total. The van der Waals surface area contributed by atoms with Gasteiger partial charge in [-0.15, -0.1) is 11.8 Å². The predicted octanol–water partition coefficient (Wildman–Crippen LogP) is 4.07. The maximum atomic E-state index is 12.7. The molecular weight excluding hydrogens is 344 g/mol. The molecule has 0 unspecified atom stereocenters. The average molecular weight is 360 g/mol. The topological polar surface area (TPSA) is 38.1 Å². The van der Waals surface area contributed by atoms with Crippen molar-refractivity contribution in [3.63, 3.8) is 0 Å². The number of alkyl halides is 2. The van der Waals surface area contributed by atoms with Gasteiger partial charge in [0.1, 0.15) is 5.82 Å². The first-order valence-electron chi connectivity index (χ1n) is 6.89. The zero-order valence-electron chi connectivity index (χ0n) is 12.5. The molecule has 0 fully saturated rings. The first-order chi connectivity index (χ1) is 11.0. The number of nitrogens with zero attached hydrogens (tertiary/aromatic N) is 3. The molecule has 2 aromatic rings. The molecule has 1 amide bonds. The SMILES string of the molecule is CN(Cc1nccn1C(F)F)C(=O)CCSc1ccc(Cl)cc1. The second-order valence-corrected chi connectivity index (χ2v) is 6.44. The van der Waals surface area contributed by atoms with Crippen LogP contribution < -0.4 is 0 Å². The fraction of sp³-hybridized carbons (Fsp3) is 0.333. The molecule has 4 nitrogen and oxygen atoms in total. The van der Waals surface area contributed by atoms with E-state index in [1.54, 1.807) is 30.9 Å². The van der Waals surface area contributed by atoms with Crippen LogP contribution in [0.2, 0.25) is 5.02 Å². The van der Waals surface area contributed by atoms with Gasteiger partial charge >= 0.3 is 6.55 Å². The van der Waals surface area contributed by atoms with E-state index in [1.165, 1.54) is 17.3 Å². The number of rotatable bonds is 7. The third-order valence-corrected chi connectivity index (χ3v) is 4.43. The van der Waals surface area contributed by atoms with Crippen molar-refractivity contribution in [2.75, 3.05) is 12.8 Å². The number of benzene rings is 1. The highest BCUT2D eigenvalue weighted by Crippen LogP contribution is 2.21. The number of imidazole rings is 1. The molecule has 1 heterocycles. The minimum absolute atomic E-state index is 0.0573. The van der Waals surface area contributed by atoms with Crippen LogP contribution in [0.3, 0.4) is 0 Å². The standard InChI is InChI=1S/C15H16ClF2N3OS/c1-20(10-13-19-7-8-21(13)15(17)18)14(22)6-9-23-12-4-2-11(16)3-5-12/h2-5,7-8,15H,6,9-10H2,1H3. The van der Waals surface area contributed by atoms with Crippen molar-refractivity contribution >= 4 is 29.3 Å². The first kappa shape index (κ1) is 17.7. The second kappa shape index (κ2) is 8.31. The highest BCUT2D eigenvalue weighted by atomic mass is 35.5. The smallest absolute Gasteiger partial charge is 0.319 e. The Morgan fingerprint density at radius 3 is 2.74 bits per heavy atom. The number of hydrogen-bond donors (Lipinski definition) is 0. The van der Waals surface area contributed by atoms with E-state index in [1.807, 2.05) is 12.1 Å². The molecule has 8 heteroatoms. The lowest BCUT2D eigenvalue weighted by Crippen LogP contribution is -2.28. The van der Waals surface area contributed by atoms with Crippen LogP contribution in [0.25, 0.3) is 0 Å². The van der Waals surface area contributed by atoms with E-state index < -0.39 is 6.55 Å². The second-order valence-electron chi connectivity index (χ2n) is 4.83. The van der Waals surface area contributed by atoms with E-state index in [0.29, 0.717) is 17.2 Å². The van der Waals surface area contributed by atoms with Gasteiger partial charge in [0, 0.05) is 41.5 Å². The van der Waals surface area contributed by atoms with Crippen molar-refractivity contribution in [3.05, 3.63) is 47.5 Å². The quantitative estimate of drug-likeness (QED) is 0.699. The van der Waals surface area contributed by atoms with Crippen LogP contribution in [0, 0.1) is 0 Å². The Labute approximate surface area is 142 Å². The summed E-state index contributed by atoms with van der Waals surface area (Å²) in [5, 5.41) is 0.666. The van der Waals surface area contributed by atoms with E-state index in [4.69, 9.17) is 11.6 Å². The molecule has 0 radical (unpaired) electrons. The van der Waals surface area contributed by atoms with Crippen molar-refractivity contribution in [2.24, 2.45) is 0 Å². The number of thioether (sulfide) groups is 1. The zero-order valence-corrected chi connectivity index (χ0v) is 14.0. The first-order valence-corrected chi connectivity index (χ1v) is 8.26. The lowest BCUT2D eigenvalue weighted by molar-refractivity contribution is -0.130. The average Bonchev–Trinajstić information content (AvgIpc) is 2.97. The highest BCUT2D eigenvalue weighted by molar-refractivity contribution is 7.99. The predicted molar refractivity (Wildman–Crippen MR) is 86.7 cm³/mol. The Balaban J connectivity index is 1.80. The minimum Gasteiger partial charge on any atom is -0.338 e. The summed E-state index contributed by atoms with van der Waals surface area (Å²) in [5.74, 6) is 0.658. The summed E-state index contributed by atoms with van der Waals surface area (Å²) < 4.78 is 26.2. The molecule has 0 aliphatic rings. The summed E-state index contributed by atoms with van der Waals surface area (Å²) in [6, 6.07) is 7.37. The summed E-state index contributed by atoms with van der Waals surface area (Å²) in [5.41, 5.74) is 0. The molecular formula is C15H16ClF2N3OS. The van der Waals surface area contributed by atoms with Crippen LogP contribution in [0.15, 0.2) is 41.6 Å². The van der Waals surface area contributed by atoms with E-state index in [-0.39, 0.29) is 18.3 Å². The molecule has 0 aliphatic carbocycles. The van der Waals surface area contributed by atoms with Crippen molar-refractivity contribution in [3.8, 4) is 0 Å². The molecule has 0 saturated heterocycles. The Hall–Kier alpha value is -1.60. The normalized spacial score (nSPS) is 11.0. The maximum absolute atomic E-state index is 12.7. The molecule has 1 aromatic carbocycles. The van der Waals surface area contributed by atoms with Crippen LogP contribution >= 0.6 is 23.4 Å². The Bertz CT molecular complexity index is 648. The van der Waals surface area contributed by atoms with Crippen LogP contribution in [0.1, 0.15) is 18.8 Å². The molecule has 23 heavy (non-hydrogen) atoms. The summed E-state index contributed by atoms with van der Waals surface area (Å²) in [6.07, 6.45) is 2.82. The Kier molecular flexibility index (Phi) is 6.41. The number of halogens is 3. The minimum atomic E-state index is -2.66. The van der Waals surface area contributed by atoms with Crippen LogP contribution in [0.5, 0.6) is 0 Å². The molecule has 0 atom stereocenters. The number of carbonyl (C=O) groups excluding carboxylic acids is 1. The van der Waals surface area contributed by atoms with Gasteiger partial charge in [0.15, 0.2) is 0 Å². The van der Waals surface area contributed by atoms with Crippen LogP contribution in [-0.2, 0) is 11.3 Å². The number of carbonyl (C=O) groups is 1. The van der Waals surface area contributed by atoms with Crippen molar-refractivity contribution in [1.29, 1.82) is 0 Å². The van der Waals surface area contributed by atoms with Gasteiger partial charge in [0.05, 0.1) is 6.54 Å². The fourth-order valence-electron chi connectivity index (χ4n) is 1.92. The fourth-order valence-corrected chi connectivity index (χ4v) is 2.89. The third-order valence-electron chi connectivity index (χ3n) is 3.16. The highest BCUT2D eigenvalue weighted by Gasteiger charge is 2.16. The third kappa shape index (κ3) is 5.21. The van der Waals surface area contributed by atoms with Gasteiger partial charge in [0.25, 0.3) is 0 Å². The van der Waals surface area contributed by atoms with Gasteiger partial charge in [-0.2, -0.15) is 8.78 Å². The zero-order chi connectivity index (χ0) is 16.8. The molecule has 0 aliphatic heterocycles.